The third-order valence-corrected chi connectivity index (χ3v) is 1.82. The summed E-state index contributed by atoms with van der Waals surface area (Å²) >= 11 is 0. The standard InChI is InChI=1S/C8H13NO2/c1-9-5-3-4-7(6-9)8(10)11-2/h3,5,7H,4,6H2,1-2H3/t7-/m1/s1. The lowest BCUT2D eigenvalue weighted by Gasteiger charge is -2.23. The number of carbonyl (C=O) groups is 1. The van der Waals surface area contributed by atoms with Gasteiger partial charge in [-0.25, -0.2) is 0 Å². The maximum Gasteiger partial charge on any atom is 0.310 e. The van der Waals surface area contributed by atoms with E-state index >= 15 is 0 Å². The molecular weight excluding hydrogens is 142 g/mol. The van der Waals surface area contributed by atoms with Crippen molar-refractivity contribution in [2.24, 2.45) is 5.92 Å². The molecule has 1 aliphatic rings. The van der Waals surface area contributed by atoms with Crippen LogP contribution in [0.3, 0.4) is 0 Å². The van der Waals surface area contributed by atoms with E-state index in [1.54, 1.807) is 0 Å². The summed E-state index contributed by atoms with van der Waals surface area (Å²) in [5.41, 5.74) is 0. The zero-order valence-corrected chi connectivity index (χ0v) is 6.91. The summed E-state index contributed by atoms with van der Waals surface area (Å²) in [6.45, 7) is 0.767. The van der Waals surface area contributed by atoms with E-state index in [9.17, 15) is 4.79 Å². The van der Waals surface area contributed by atoms with Gasteiger partial charge in [-0.2, -0.15) is 0 Å². The highest BCUT2D eigenvalue weighted by molar-refractivity contribution is 5.72. The van der Waals surface area contributed by atoms with Gasteiger partial charge in [0.2, 0.25) is 0 Å². The average molecular weight is 155 g/mol. The van der Waals surface area contributed by atoms with Crippen LogP contribution in [0.15, 0.2) is 12.3 Å². The van der Waals surface area contributed by atoms with Crippen LogP contribution >= 0.6 is 0 Å². The molecule has 0 N–H and O–H groups in total. The van der Waals surface area contributed by atoms with Crippen molar-refractivity contribution < 1.29 is 9.53 Å². The largest absolute Gasteiger partial charge is 0.469 e. The molecule has 3 heteroatoms. The molecule has 0 saturated carbocycles. The molecule has 0 aliphatic carbocycles. The Labute approximate surface area is 66.6 Å². The molecule has 0 aromatic rings. The van der Waals surface area contributed by atoms with Crippen LogP contribution < -0.4 is 0 Å². The van der Waals surface area contributed by atoms with Crippen molar-refractivity contribution in [2.45, 2.75) is 6.42 Å². The van der Waals surface area contributed by atoms with Gasteiger partial charge in [-0.1, -0.05) is 6.08 Å². The van der Waals surface area contributed by atoms with Gasteiger partial charge in [0.15, 0.2) is 0 Å². The van der Waals surface area contributed by atoms with Crippen molar-refractivity contribution in [2.75, 3.05) is 20.7 Å². The molecule has 1 atom stereocenters. The van der Waals surface area contributed by atoms with Gasteiger partial charge in [0, 0.05) is 13.6 Å². The molecule has 1 aliphatic heterocycles. The summed E-state index contributed by atoms with van der Waals surface area (Å²) in [6.07, 6.45) is 4.78. The number of carbonyl (C=O) groups excluding carboxylic acids is 1. The van der Waals surface area contributed by atoms with Crippen LogP contribution in [0.2, 0.25) is 0 Å². The fraction of sp³-hybridized carbons (Fsp3) is 0.625. The summed E-state index contributed by atoms with van der Waals surface area (Å²) in [7, 11) is 3.38. The smallest absolute Gasteiger partial charge is 0.310 e. The highest BCUT2D eigenvalue weighted by Gasteiger charge is 2.20. The number of allylic oxidation sites excluding steroid dienone is 1. The van der Waals surface area contributed by atoms with Crippen molar-refractivity contribution in [3.63, 3.8) is 0 Å². The van der Waals surface area contributed by atoms with Gasteiger partial charge in [0.25, 0.3) is 0 Å². The molecule has 0 fully saturated rings. The minimum Gasteiger partial charge on any atom is -0.469 e. The van der Waals surface area contributed by atoms with E-state index in [-0.39, 0.29) is 11.9 Å². The van der Waals surface area contributed by atoms with E-state index in [4.69, 9.17) is 0 Å². The summed E-state index contributed by atoms with van der Waals surface area (Å²) < 4.78 is 4.64. The Morgan fingerprint density at radius 3 is 3.00 bits per heavy atom. The quantitative estimate of drug-likeness (QED) is 0.520. The predicted molar refractivity (Wildman–Crippen MR) is 41.9 cm³/mol. The van der Waals surface area contributed by atoms with Crippen LogP contribution in [0, 0.1) is 5.92 Å². The maximum atomic E-state index is 11.0. The minimum atomic E-state index is -0.110. The Bertz CT molecular complexity index is 177. The summed E-state index contributed by atoms with van der Waals surface area (Å²) in [4.78, 5) is 13.0. The molecule has 0 saturated heterocycles. The maximum absolute atomic E-state index is 11.0. The highest BCUT2D eigenvalue weighted by Crippen LogP contribution is 2.13. The lowest BCUT2D eigenvalue weighted by molar-refractivity contribution is -0.145. The lowest BCUT2D eigenvalue weighted by atomic mass is 10.0. The van der Waals surface area contributed by atoms with E-state index in [0.717, 1.165) is 13.0 Å². The molecule has 0 aromatic carbocycles. The third-order valence-electron chi connectivity index (χ3n) is 1.82. The molecule has 1 heterocycles. The summed E-state index contributed by atoms with van der Waals surface area (Å²) in [5, 5.41) is 0. The number of rotatable bonds is 1. The number of esters is 1. The van der Waals surface area contributed by atoms with Crippen molar-refractivity contribution in [3.05, 3.63) is 12.3 Å². The van der Waals surface area contributed by atoms with Gasteiger partial charge in [-0.3, -0.25) is 4.79 Å². The second-order valence-electron chi connectivity index (χ2n) is 2.78. The second kappa shape index (κ2) is 3.42. The molecule has 0 unspecified atom stereocenters. The molecular formula is C8H13NO2. The van der Waals surface area contributed by atoms with Crippen LogP contribution in [0.5, 0.6) is 0 Å². The summed E-state index contributed by atoms with van der Waals surface area (Å²) in [6, 6.07) is 0. The molecule has 11 heavy (non-hydrogen) atoms. The van der Waals surface area contributed by atoms with Crippen LogP contribution in [-0.4, -0.2) is 31.6 Å². The van der Waals surface area contributed by atoms with Gasteiger partial charge >= 0.3 is 5.97 Å². The molecule has 62 valence electrons. The normalized spacial score (nSPS) is 23.5. The highest BCUT2D eigenvalue weighted by atomic mass is 16.5. The molecule has 0 radical (unpaired) electrons. The monoisotopic (exact) mass is 155 g/mol. The van der Waals surface area contributed by atoms with E-state index < -0.39 is 0 Å². The van der Waals surface area contributed by atoms with E-state index in [1.165, 1.54) is 7.11 Å². The zero-order chi connectivity index (χ0) is 8.27. The van der Waals surface area contributed by atoms with Gasteiger partial charge < -0.3 is 9.64 Å². The Kier molecular flexibility index (Phi) is 2.52. The molecule has 0 aromatic heterocycles. The van der Waals surface area contributed by atoms with E-state index in [0.29, 0.717) is 0 Å². The lowest BCUT2D eigenvalue weighted by Crippen LogP contribution is -2.30. The predicted octanol–water partition coefficient (Wildman–Crippen LogP) is 0.625. The zero-order valence-electron chi connectivity index (χ0n) is 6.91. The molecule has 0 bridgehead atoms. The van der Waals surface area contributed by atoms with E-state index in [1.807, 2.05) is 24.2 Å². The first-order valence-electron chi connectivity index (χ1n) is 3.68. The van der Waals surface area contributed by atoms with Gasteiger partial charge in [-0.15, -0.1) is 0 Å². The van der Waals surface area contributed by atoms with Crippen LogP contribution in [0.25, 0.3) is 0 Å². The van der Waals surface area contributed by atoms with Crippen LogP contribution in [0.4, 0.5) is 0 Å². The Balaban J connectivity index is 2.49. The van der Waals surface area contributed by atoms with Crippen molar-refractivity contribution >= 4 is 5.97 Å². The third kappa shape index (κ3) is 1.97. The number of ether oxygens (including phenoxy) is 1. The number of nitrogens with zero attached hydrogens (tertiary/aromatic N) is 1. The van der Waals surface area contributed by atoms with Gasteiger partial charge in [-0.05, 0) is 12.6 Å². The Hall–Kier alpha value is -0.990. The Morgan fingerprint density at radius 2 is 2.45 bits per heavy atom. The molecule has 0 amide bonds. The Morgan fingerprint density at radius 1 is 1.73 bits per heavy atom. The number of hydrogen-bond donors (Lipinski definition) is 0. The minimum absolute atomic E-state index is 0.0231. The van der Waals surface area contributed by atoms with E-state index in [2.05, 4.69) is 4.74 Å². The first kappa shape index (κ1) is 8.11. The molecule has 3 nitrogen and oxygen atoms in total. The van der Waals surface area contributed by atoms with Gasteiger partial charge in [0.05, 0.1) is 13.0 Å². The number of hydrogen-bond acceptors (Lipinski definition) is 3. The fourth-order valence-electron chi connectivity index (χ4n) is 1.23. The number of methoxy groups -OCH3 is 1. The SMILES string of the molecule is COC(=O)[C@@H]1CC=CN(C)C1. The molecule has 0 spiro atoms. The second-order valence-corrected chi connectivity index (χ2v) is 2.78. The van der Waals surface area contributed by atoms with Crippen molar-refractivity contribution in [1.29, 1.82) is 0 Å². The van der Waals surface area contributed by atoms with Crippen molar-refractivity contribution in [1.82, 2.24) is 4.90 Å². The summed E-state index contributed by atoms with van der Waals surface area (Å²) in [5.74, 6) is -0.0869. The van der Waals surface area contributed by atoms with Crippen LogP contribution in [0.1, 0.15) is 6.42 Å². The fourth-order valence-corrected chi connectivity index (χ4v) is 1.23. The first-order valence-corrected chi connectivity index (χ1v) is 3.68. The van der Waals surface area contributed by atoms with Crippen LogP contribution in [-0.2, 0) is 9.53 Å². The van der Waals surface area contributed by atoms with Gasteiger partial charge in [0.1, 0.15) is 0 Å². The molecule has 1 rings (SSSR count). The first-order chi connectivity index (χ1) is 5.24. The average Bonchev–Trinajstić information content (AvgIpc) is 2.03. The topological polar surface area (TPSA) is 29.5 Å². The van der Waals surface area contributed by atoms with Crippen molar-refractivity contribution in [3.8, 4) is 0 Å².